The fraction of sp³-hybridized carbons (Fsp3) is 0.824. The van der Waals surface area contributed by atoms with E-state index in [2.05, 4.69) is 21.0 Å². The van der Waals surface area contributed by atoms with Gasteiger partial charge in [-0.2, -0.15) is 0 Å². The van der Waals surface area contributed by atoms with E-state index in [4.69, 9.17) is 9.26 Å². The zero-order valence-electron chi connectivity index (χ0n) is 13.7. The summed E-state index contributed by atoms with van der Waals surface area (Å²) in [4.78, 5) is 4.75. The van der Waals surface area contributed by atoms with Crippen LogP contribution in [0, 0.1) is 0 Å². The lowest BCUT2D eigenvalue weighted by molar-refractivity contribution is 0.0217. The highest BCUT2D eigenvalue weighted by Crippen LogP contribution is 2.40. The predicted molar refractivity (Wildman–Crippen MR) is 85.2 cm³/mol. The van der Waals surface area contributed by atoms with Crippen LogP contribution >= 0.6 is 0 Å². The van der Waals surface area contributed by atoms with Crippen molar-refractivity contribution in [2.24, 2.45) is 0 Å². The Hall–Kier alpha value is -0.950. The molecule has 1 saturated carbocycles. The maximum atomic E-state index is 10.4. The first kappa shape index (κ1) is 15.6. The van der Waals surface area contributed by atoms with E-state index in [1.165, 1.54) is 12.8 Å². The Kier molecular flexibility index (Phi) is 4.66. The Morgan fingerprint density at radius 1 is 1.13 bits per heavy atom. The summed E-state index contributed by atoms with van der Waals surface area (Å²) in [5.41, 5.74) is 0.999. The lowest BCUT2D eigenvalue weighted by Gasteiger charge is -2.33. The van der Waals surface area contributed by atoms with E-state index in [0.29, 0.717) is 18.5 Å². The first-order valence-corrected chi connectivity index (χ1v) is 8.95. The lowest BCUT2D eigenvalue weighted by Crippen LogP contribution is -2.43. The fourth-order valence-electron chi connectivity index (χ4n) is 3.80. The van der Waals surface area contributed by atoms with Crippen LogP contribution in [-0.4, -0.2) is 71.6 Å². The second kappa shape index (κ2) is 6.89. The smallest absolute Gasteiger partial charge is 0.140 e. The summed E-state index contributed by atoms with van der Waals surface area (Å²) >= 11 is 0. The molecule has 6 nitrogen and oxygen atoms in total. The Labute approximate surface area is 137 Å². The highest BCUT2D eigenvalue weighted by atomic mass is 16.5. The number of hydrogen-bond donors (Lipinski definition) is 1. The van der Waals surface area contributed by atoms with Crippen LogP contribution in [0.5, 0.6) is 0 Å². The molecule has 0 amide bonds. The van der Waals surface area contributed by atoms with Crippen molar-refractivity contribution in [1.29, 1.82) is 0 Å². The van der Waals surface area contributed by atoms with Crippen molar-refractivity contribution >= 4 is 0 Å². The van der Waals surface area contributed by atoms with Crippen LogP contribution in [0.3, 0.4) is 0 Å². The van der Waals surface area contributed by atoms with E-state index in [1.54, 1.807) is 0 Å². The fourth-order valence-corrected chi connectivity index (χ4v) is 3.80. The molecule has 0 spiro atoms. The number of rotatable bonds is 4. The van der Waals surface area contributed by atoms with Gasteiger partial charge in [-0.1, -0.05) is 5.16 Å². The summed E-state index contributed by atoms with van der Waals surface area (Å²) in [5.74, 6) is 1.65. The van der Waals surface area contributed by atoms with Gasteiger partial charge < -0.3 is 14.4 Å². The summed E-state index contributed by atoms with van der Waals surface area (Å²) < 4.78 is 10.9. The van der Waals surface area contributed by atoms with Gasteiger partial charge in [0.05, 0.1) is 11.8 Å². The highest BCUT2D eigenvalue weighted by Gasteiger charge is 2.30. The molecule has 1 aromatic heterocycles. The van der Waals surface area contributed by atoms with Gasteiger partial charge in [0.25, 0.3) is 0 Å². The van der Waals surface area contributed by atoms with E-state index in [1.807, 2.05) is 0 Å². The molecule has 128 valence electrons. The molecular formula is C17H27N3O3. The quantitative estimate of drug-likeness (QED) is 0.899. The van der Waals surface area contributed by atoms with Crippen LogP contribution in [0.4, 0.5) is 0 Å². The van der Waals surface area contributed by atoms with Crippen LogP contribution < -0.4 is 0 Å². The normalized spacial score (nSPS) is 28.8. The summed E-state index contributed by atoms with van der Waals surface area (Å²) in [6.45, 7) is 5.94. The van der Waals surface area contributed by atoms with Gasteiger partial charge in [-0.05, 0) is 25.7 Å². The maximum absolute atomic E-state index is 10.4. The molecule has 3 fully saturated rings. The number of nitrogens with zero attached hydrogens (tertiary/aromatic N) is 3. The van der Waals surface area contributed by atoms with Gasteiger partial charge in [-0.25, -0.2) is 0 Å². The molecule has 0 bridgehead atoms. The summed E-state index contributed by atoms with van der Waals surface area (Å²) in [5, 5.41) is 14.6. The number of aromatic nitrogens is 1. The zero-order valence-corrected chi connectivity index (χ0v) is 13.7. The summed E-state index contributed by atoms with van der Waals surface area (Å²) in [6.07, 6.45) is 4.34. The van der Waals surface area contributed by atoms with E-state index >= 15 is 0 Å². The van der Waals surface area contributed by atoms with Crippen LogP contribution in [0.15, 0.2) is 10.6 Å². The minimum Gasteiger partial charge on any atom is -0.390 e. The number of aliphatic hydroxyl groups excluding tert-OH is 1. The predicted octanol–water partition coefficient (Wildman–Crippen LogP) is 1.21. The van der Waals surface area contributed by atoms with Crippen molar-refractivity contribution in [3.63, 3.8) is 0 Å². The molecule has 1 aromatic rings. The van der Waals surface area contributed by atoms with Gasteiger partial charge in [-0.15, -0.1) is 0 Å². The molecule has 2 aliphatic heterocycles. The SMILES string of the molecule is OC1CN(Cc2cc(C3CC3)on2)CCN(C2CCOCC2)C1. The van der Waals surface area contributed by atoms with Crippen LogP contribution in [-0.2, 0) is 11.3 Å². The van der Waals surface area contributed by atoms with E-state index in [0.717, 1.165) is 63.7 Å². The van der Waals surface area contributed by atoms with Crippen molar-refractivity contribution in [1.82, 2.24) is 15.0 Å². The Balaban J connectivity index is 1.34. The zero-order chi connectivity index (χ0) is 15.6. The maximum Gasteiger partial charge on any atom is 0.140 e. The van der Waals surface area contributed by atoms with Gasteiger partial charge >= 0.3 is 0 Å². The van der Waals surface area contributed by atoms with Gasteiger partial charge in [0.2, 0.25) is 0 Å². The standard InChI is InChI=1S/C17H27N3O3/c21-16-11-19(10-14-9-17(23-18-14)13-1-2-13)5-6-20(12-16)15-3-7-22-8-4-15/h9,13,15-16,21H,1-8,10-12H2. The van der Waals surface area contributed by atoms with Crippen LogP contribution in [0.25, 0.3) is 0 Å². The molecule has 0 radical (unpaired) electrons. The van der Waals surface area contributed by atoms with Crippen LogP contribution in [0.2, 0.25) is 0 Å². The van der Waals surface area contributed by atoms with Gasteiger partial charge in [-0.3, -0.25) is 9.80 Å². The second-order valence-corrected chi connectivity index (χ2v) is 7.22. The third-order valence-corrected chi connectivity index (χ3v) is 5.27. The Morgan fingerprint density at radius 3 is 2.74 bits per heavy atom. The van der Waals surface area contributed by atoms with E-state index in [-0.39, 0.29) is 6.10 Å². The van der Waals surface area contributed by atoms with Crippen molar-refractivity contribution in [2.45, 2.75) is 50.3 Å². The summed E-state index contributed by atoms with van der Waals surface area (Å²) in [6, 6.07) is 2.66. The molecule has 3 aliphatic rings. The highest BCUT2D eigenvalue weighted by molar-refractivity contribution is 5.14. The molecule has 4 rings (SSSR count). The minimum absolute atomic E-state index is 0.296. The second-order valence-electron chi connectivity index (χ2n) is 7.22. The third-order valence-electron chi connectivity index (χ3n) is 5.27. The number of hydrogen-bond acceptors (Lipinski definition) is 6. The van der Waals surface area contributed by atoms with E-state index in [9.17, 15) is 5.11 Å². The van der Waals surface area contributed by atoms with Gasteiger partial charge in [0, 0.05) is 64.0 Å². The molecular weight excluding hydrogens is 294 g/mol. The van der Waals surface area contributed by atoms with Crippen molar-refractivity contribution < 1.29 is 14.4 Å². The lowest BCUT2D eigenvalue weighted by atomic mass is 10.1. The van der Waals surface area contributed by atoms with Crippen molar-refractivity contribution in [3.05, 3.63) is 17.5 Å². The van der Waals surface area contributed by atoms with Crippen molar-refractivity contribution in [3.8, 4) is 0 Å². The summed E-state index contributed by atoms with van der Waals surface area (Å²) in [7, 11) is 0. The Bertz CT molecular complexity index is 511. The van der Waals surface area contributed by atoms with Gasteiger partial charge in [0.15, 0.2) is 0 Å². The topological polar surface area (TPSA) is 62.0 Å². The number of ether oxygens (including phenoxy) is 1. The Morgan fingerprint density at radius 2 is 1.96 bits per heavy atom. The molecule has 1 unspecified atom stereocenters. The van der Waals surface area contributed by atoms with Gasteiger partial charge in [0.1, 0.15) is 5.76 Å². The number of β-amino-alcohol motifs (C(OH)–C–C–N with tert-alkyl or cyclic N) is 1. The molecule has 3 heterocycles. The monoisotopic (exact) mass is 321 g/mol. The average Bonchev–Trinajstić information content (AvgIpc) is 3.34. The molecule has 6 heteroatoms. The molecule has 0 aromatic carbocycles. The molecule has 1 aliphatic carbocycles. The molecule has 23 heavy (non-hydrogen) atoms. The molecule has 1 N–H and O–H groups in total. The van der Waals surface area contributed by atoms with Crippen LogP contribution in [0.1, 0.15) is 43.1 Å². The molecule has 2 saturated heterocycles. The first-order chi connectivity index (χ1) is 11.3. The minimum atomic E-state index is -0.296. The average molecular weight is 321 g/mol. The van der Waals surface area contributed by atoms with E-state index < -0.39 is 0 Å². The number of aliphatic hydroxyl groups is 1. The first-order valence-electron chi connectivity index (χ1n) is 8.95. The van der Waals surface area contributed by atoms with Crippen molar-refractivity contribution in [2.75, 3.05) is 39.4 Å². The molecule has 1 atom stereocenters. The largest absolute Gasteiger partial charge is 0.390 e. The third kappa shape index (κ3) is 3.94.